The van der Waals surface area contributed by atoms with Crippen LogP contribution in [0, 0.1) is 0 Å². The number of halogens is 4. The molecule has 3 atom stereocenters. The zero-order valence-electron chi connectivity index (χ0n) is 28.9. The van der Waals surface area contributed by atoms with Gasteiger partial charge in [-0.25, -0.2) is 9.59 Å². The first-order valence-corrected chi connectivity index (χ1v) is 19.1. The molecule has 0 aliphatic carbocycles. The summed E-state index contributed by atoms with van der Waals surface area (Å²) in [6, 6.07) is 3.75. The number of carbonyl (C=O) groups is 3. The van der Waals surface area contributed by atoms with Crippen molar-refractivity contribution in [2.24, 2.45) is 0 Å². The van der Waals surface area contributed by atoms with Gasteiger partial charge in [-0.3, -0.25) is 9.69 Å². The van der Waals surface area contributed by atoms with Crippen molar-refractivity contribution >= 4 is 52.3 Å². The van der Waals surface area contributed by atoms with Gasteiger partial charge in [-0.1, -0.05) is 11.6 Å². The maximum absolute atomic E-state index is 14.1. The predicted molar refractivity (Wildman–Crippen MR) is 189 cm³/mol. The number of alkyl halides is 3. The first-order chi connectivity index (χ1) is 24.4. The van der Waals surface area contributed by atoms with Gasteiger partial charge in [0.05, 0.1) is 28.5 Å². The molecule has 1 aromatic heterocycles. The van der Waals surface area contributed by atoms with E-state index in [4.69, 9.17) is 16.3 Å². The molecular formula is C35H45ClF3N7O4S. The Morgan fingerprint density at radius 2 is 1.67 bits per heavy atom. The number of rotatable bonds is 7. The summed E-state index contributed by atoms with van der Waals surface area (Å²) in [4.78, 5) is 50.5. The number of hydrogen-bond donors (Lipinski definition) is 2. The Morgan fingerprint density at radius 1 is 0.980 bits per heavy atom. The number of amides is 4. The van der Waals surface area contributed by atoms with Crippen LogP contribution < -0.4 is 10.6 Å². The SMILES string of the molecule is CNc1c(Cl)cc(C[C@@H](OC(=O)N2CCC(N3Cc4cscc4NC3=O)CC2)C(=O)N2CCN(C3CC4CCC(C3)N4C)CC2)cc1C(F)(F)F. The second kappa shape index (κ2) is 14.6. The first kappa shape index (κ1) is 36.1. The number of hydrogen-bond acceptors (Lipinski definition) is 8. The van der Waals surface area contributed by atoms with Crippen molar-refractivity contribution in [3.8, 4) is 0 Å². The molecule has 4 amide bonds. The van der Waals surface area contributed by atoms with Crippen LogP contribution in [0.15, 0.2) is 22.9 Å². The number of piperazine rings is 1. The van der Waals surface area contributed by atoms with E-state index in [0.717, 1.165) is 30.2 Å². The van der Waals surface area contributed by atoms with Crippen LogP contribution in [0.3, 0.4) is 0 Å². The monoisotopic (exact) mass is 751 g/mol. The predicted octanol–water partition coefficient (Wildman–Crippen LogP) is 5.79. The Balaban J connectivity index is 1.03. The third kappa shape index (κ3) is 7.49. The van der Waals surface area contributed by atoms with Crippen molar-refractivity contribution in [1.82, 2.24) is 24.5 Å². The fourth-order valence-corrected chi connectivity index (χ4v) is 9.81. The maximum Gasteiger partial charge on any atom is 0.418 e. The number of thiophene rings is 1. The number of likely N-dealkylation sites (tertiary alicyclic amines) is 1. The van der Waals surface area contributed by atoms with E-state index in [2.05, 4.69) is 27.5 Å². The second-order valence-corrected chi connectivity index (χ2v) is 15.6. The molecule has 5 aliphatic rings. The third-order valence-corrected chi connectivity index (χ3v) is 12.7. The Labute approximate surface area is 305 Å². The smallest absolute Gasteiger partial charge is 0.418 e. The summed E-state index contributed by atoms with van der Waals surface area (Å²) in [5.41, 5.74) is 0.812. The van der Waals surface area contributed by atoms with Gasteiger partial charge in [-0.05, 0) is 68.6 Å². The van der Waals surface area contributed by atoms with Gasteiger partial charge in [-0.15, -0.1) is 11.3 Å². The number of urea groups is 1. The number of nitrogens with one attached hydrogen (secondary N) is 2. The lowest BCUT2D eigenvalue weighted by Crippen LogP contribution is -2.57. The Morgan fingerprint density at radius 3 is 2.31 bits per heavy atom. The number of carbonyl (C=O) groups excluding carboxylic acids is 3. The summed E-state index contributed by atoms with van der Waals surface area (Å²) in [7, 11) is 3.57. The topological polar surface area (TPSA) is 101 Å². The van der Waals surface area contributed by atoms with Gasteiger partial charge in [0.1, 0.15) is 0 Å². The lowest BCUT2D eigenvalue weighted by atomic mass is 9.96. The van der Waals surface area contributed by atoms with Crippen LogP contribution in [-0.4, -0.2) is 126 Å². The fourth-order valence-electron chi connectivity index (χ4n) is 8.69. The minimum atomic E-state index is -4.70. The summed E-state index contributed by atoms with van der Waals surface area (Å²) in [5.74, 6) is -0.430. The van der Waals surface area contributed by atoms with Crippen LogP contribution in [0.2, 0.25) is 5.02 Å². The molecule has 0 saturated carbocycles. The van der Waals surface area contributed by atoms with E-state index < -0.39 is 29.8 Å². The number of nitrogens with zero attached hydrogens (tertiary/aromatic N) is 5. The van der Waals surface area contributed by atoms with Crippen molar-refractivity contribution in [1.29, 1.82) is 0 Å². The van der Waals surface area contributed by atoms with Crippen LogP contribution in [-0.2, 0) is 28.7 Å². The van der Waals surface area contributed by atoms with Gasteiger partial charge in [0, 0.05) is 87.8 Å². The molecule has 7 rings (SSSR count). The van der Waals surface area contributed by atoms with E-state index in [1.807, 2.05) is 10.8 Å². The highest BCUT2D eigenvalue weighted by Crippen LogP contribution is 2.40. The van der Waals surface area contributed by atoms with Gasteiger partial charge in [-0.2, -0.15) is 13.2 Å². The summed E-state index contributed by atoms with van der Waals surface area (Å²) in [5, 5.41) is 9.24. The van der Waals surface area contributed by atoms with Gasteiger partial charge < -0.3 is 35.0 Å². The highest BCUT2D eigenvalue weighted by Gasteiger charge is 2.42. The van der Waals surface area contributed by atoms with Gasteiger partial charge in [0.15, 0.2) is 6.10 Å². The molecular weight excluding hydrogens is 707 g/mol. The molecule has 0 spiro atoms. The molecule has 51 heavy (non-hydrogen) atoms. The molecule has 2 aromatic rings. The van der Waals surface area contributed by atoms with E-state index in [0.29, 0.717) is 76.8 Å². The molecule has 6 heterocycles. The average Bonchev–Trinajstić information content (AvgIpc) is 3.63. The van der Waals surface area contributed by atoms with Crippen molar-refractivity contribution in [3.63, 3.8) is 0 Å². The highest BCUT2D eigenvalue weighted by atomic mass is 35.5. The minimum Gasteiger partial charge on any atom is -0.436 e. The molecule has 278 valence electrons. The number of anilines is 2. The van der Waals surface area contributed by atoms with E-state index in [-0.39, 0.29) is 34.8 Å². The van der Waals surface area contributed by atoms with Crippen molar-refractivity contribution < 1.29 is 32.3 Å². The number of piperidine rings is 2. The van der Waals surface area contributed by atoms with Crippen molar-refractivity contribution in [2.45, 2.75) is 87.9 Å². The van der Waals surface area contributed by atoms with Crippen LogP contribution in [0.25, 0.3) is 0 Å². The standard InChI is InChI=1S/C35H45ClF3N7O4S/c1-40-31-27(35(37,38)39)13-21(14-28(31)36)15-30(32(47)44-11-9-43(10-12-44)26-16-24-3-4-25(17-26)42(24)2)50-34(49)45-7-5-23(6-8-45)46-18-22-19-51-20-29(22)41-33(46)48/h13-14,19-20,23-26,30,40H,3-12,15-18H2,1-2H3,(H,41,48)/t24?,25?,26?,30-/m1/s1. The molecule has 2 bridgehead atoms. The number of benzene rings is 1. The zero-order chi connectivity index (χ0) is 36.0. The van der Waals surface area contributed by atoms with Crippen molar-refractivity contribution in [3.05, 3.63) is 44.6 Å². The number of fused-ring (bicyclic) bond motifs is 3. The first-order valence-electron chi connectivity index (χ1n) is 17.8. The molecule has 4 saturated heterocycles. The molecule has 4 fully saturated rings. The van der Waals surface area contributed by atoms with Gasteiger partial charge in [0.2, 0.25) is 0 Å². The third-order valence-electron chi connectivity index (χ3n) is 11.6. The van der Waals surface area contributed by atoms with Gasteiger partial charge in [0.25, 0.3) is 5.91 Å². The Bertz CT molecular complexity index is 1610. The second-order valence-electron chi connectivity index (χ2n) is 14.4. The highest BCUT2D eigenvalue weighted by molar-refractivity contribution is 7.08. The van der Waals surface area contributed by atoms with E-state index in [1.165, 1.54) is 42.2 Å². The Kier molecular flexibility index (Phi) is 10.4. The van der Waals surface area contributed by atoms with E-state index in [9.17, 15) is 27.6 Å². The molecule has 0 radical (unpaired) electrons. The van der Waals surface area contributed by atoms with Crippen LogP contribution in [0.1, 0.15) is 55.2 Å². The quantitative estimate of drug-likeness (QED) is 0.370. The Hall–Kier alpha value is -3.27. The van der Waals surface area contributed by atoms with Crippen molar-refractivity contribution in [2.75, 3.05) is 64.0 Å². The van der Waals surface area contributed by atoms with Crippen LogP contribution >= 0.6 is 22.9 Å². The molecule has 2 unspecified atom stereocenters. The van der Waals surface area contributed by atoms with E-state index in [1.54, 1.807) is 9.80 Å². The average molecular weight is 752 g/mol. The zero-order valence-corrected chi connectivity index (χ0v) is 30.5. The molecule has 16 heteroatoms. The van der Waals surface area contributed by atoms with Gasteiger partial charge >= 0.3 is 18.3 Å². The molecule has 11 nitrogen and oxygen atoms in total. The molecule has 2 N–H and O–H groups in total. The van der Waals surface area contributed by atoms with E-state index >= 15 is 0 Å². The minimum absolute atomic E-state index is 0.0794. The fraction of sp³-hybridized carbons (Fsp3) is 0.629. The molecule has 1 aromatic carbocycles. The summed E-state index contributed by atoms with van der Waals surface area (Å²) in [6.07, 6.45) is -1.29. The lowest BCUT2D eigenvalue weighted by Gasteiger charge is -2.45. The maximum atomic E-state index is 14.1. The molecule has 5 aliphatic heterocycles. The summed E-state index contributed by atoms with van der Waals surface area (Å²) in [6.45, 7) is 3.37. The normalized spacial score (nSPS) is 25.4. The van der Waals surface area contributed by atoms with Crippen LogP contribution in [0.5, 0.6) is 0 Å². The lowest BCUT2D eigenvalue weighted by molar-refractivity contribution is -0.143. The summed E-state index contributed by atoms with van der Waals surface area (Å²) >= 11 is 7.83. The summed E-state index contributed by atoms with van der Waals surface area (Å²) < 4.78 is 48.0. The largest absolute Gasteiger partial charge is 0.436 e. The van der Waals surface area contributed by atoms with Crippen LogP contribution in [0.4, 0.5) is 34.1 Å². The number of ether oxygens (including phenoxy) is 1.